The molecular weight excluding hydrogens is 304 g/mol. The molecule has 0 saturated carbocycles. The summed E-state index contributed by atoms with van der Waals surface area (Å²) in [5.41, 5.74) is 0. The van der Waals surface area contributed by atoms with E-state index in [9.17, 15) is 18.4 Å². The third kappa shape index (κ3) is 5.74. The summed E-state index contributed by atoms with van der Waals surface area (Å²) >= 11 is 0.409. The second kappa shape index (κ2) is 8.02. The number of carboxylic acid groups (broad SMARTS) is 1. The van der Waals surface area contributed by atoms with Crippen molar-refractivity contribution in [2.45, 2.75) is 37.8 Å². The Morgan fingerprint density at radius 3 is 2.57 bits per heavy atom. The van der Waals surface area contributed by atoms with E-state index in [4.69, 9.17) is 9.52 Å². The number of alkyl halides is 2. The number of rotatable bonds is 8. The molecule has 0 bridgehead atoms. The van der Waals surface area contributed by atoms with Gasteiger partial charge in [-0.05, 0) is 26.0 Å². The predicted octanol–water partition coefficient (Wildman–Crippen LogP) is 3.06. The van der Waals surface area contributed by atoms with E-state index in [0.29, 0.717) is 11.8 Å². The Labute approximate surface area is 125 Å². The van der Waals surface area contributed by atoms with Crippen LogP contribution in [0.4, 0.5) is 8.78 Å². The van der Waals surface area contributed by atoms with Gasteiger partial charge in [-0.25, -0.2) is 0 Å². The number of amides is 1. The van der Waals surface area contributed by atoms with Crippen LogP contribution in [0.2, 0.25) is 0 Å². The van der Waals surface area contributed by atoms with E-state index in [2.05, 4.69) is 0 Å². The molecule has 1 amide bonds. The van der Waals surface area contributed by atoms with Gasteiger partial charge in [0.15, 0.2) is 5.76 Å². The number of aliphatic carboxylic acids is 1. The lowest BCUT2D eigenvalue weighted by Crippen LogP contribution is -2.38. The molecule has 0 radical (unpaired) electrons. The number of hydrogen-bond acceptors (Lipinski definition) is 4. The molecule has 1 N–H and O–H groups in total. The van der Waals surface area contributed by atoms with Crippen LogP contribution < -0.4 is 0 Å². The topological polar surface area (TPSA) is 70.8 Å². The summed E-state index contributed by atoms with van der Waals surface area (Å²) in [6.07, 6.45) is -0.168. The van der Waals surface area contributed by atoms with E-state index in [1.54, 1.807) is 13.8 Å². The molecule has 0 spiro atoms. The molecule has 0 aliphatic heterocycles. The number of halogens is 2. The molecule has 0 saturated heterocycles. The van der Waals surface area contributed by atoms with E-state index in [1.165, 1.54) is 17.0 Å². The van der Waals surface area contributed by atoms with Crippen molar-refractivity contribution < 1.29 is 27.9 Å². The van der Waals surface area contributed by atoms with Gasteiger partial charge >= 0.3 is 5.97 Å². The molecule has 8 heteroatoms. The first-order valence-electron chi connectivity index (χ1n) is 6.32. The maximum absolute atomic E-state index is 12.2. The van der Waals surface area contributed by atoms with Gasteiger partial charge in [0.25, 0.3) is 11.7 Å². The number of carbonyl (C=O) groups excluding carboxylic acids is 1. The van der Waals surface area contributed by atoms with Crippen molar-refractivity contribution in [2.24, 2.45) is 0 Å². The molecule has 0 aliphatic rings. The van der Waals surface area contributed by atoms with Gasteiger partial charge in [-0.2, -0.15) is 8.78 Å². The fourth-order valence-corrected chi connectivity index (χ4v) is 2.11. The second-order valence-corrected chi connectivity index (χ2v) is 5.55. The quantitative estimate of drug-likeness (QED) is 0.797. The molecule has 5 nitrogen and oxygen atoms in total. The molecule has 0 atom stereocenters. The summed E-state index contributed by atoms with van der Waals surface area (Å²) in [6, 6.07) is 2.69. The van der Waals surface area contributed by atoms with Crippen LogP contribution in [0.15, 0.2) is 16.5 Å². The second-order valence-electron chi connectivity index (χ2n) is 4.57. The van der Waals surface area contributed by atoms with Crippen LogP contribution in [-0.2, 0) is 10.5 Å². The fourth-order valence-electron chi connectivity index (χ4n) is 1.67. The van der Waals surface area contributed by atoms with Crippen LogP contribution in [0.25, 0.3) is 0 Å². The zero-order valence-electron chi connectivity index (χ0n) is 11.7. The molecule has 0 aromatic carbocycles. The summed E-state index contributed by atoms with van der Waals surface area (Å²) in [4.78, 5) is 24.2. The Kier molecular flexibility index (Phi) is 6.67. The highest BCUT2D eigenvalue weighted by atomic mass is 32.2. The van der Waals surface area contributed by atoms with Crippen LogP contribution >= 0.6 is 11.8 Å². The zero-order valence-corrected chi connectivity index (χ0v) is 12.5. The molecule has 1 rings (SSSR count). The molecule has 0 unspecified atom stereocenters. The van der Waals surface area contributed by atoms with Crippen molar-refractivity contribution in [1.29, 1.82) is 0 Å². The van der Waals surface area contributed by atoms with Gasteiger partial charge in [0.2, 0.25) is 0 Å². The summed E-state index contributed by atoms with van der Waals surface area (Å²) in [6.45, 7) is 3.58. The molecule has 1 aromatic heterocycles. The third-order valence-electron chi connectivity index (χ3n) is 2.67. The first-order valence-corrected chi connectivity index (χ1v) is 7.37. The highest BCUT2D eigenvalue weighted by molar-refractivity contribution is 7.98. The largest absolute Gasteiger partial charge is 0.481 e. The van der Waals surface area contributed by atoms with Crippen LogP contribution in [0, 0.1) is 0 Å². The average molecular weight is 321 g/mol. The average Bonchev–Trinajstić information content (AvgIpc) is 2.84. The fraction of sp³-hybridized carbons (Fsp3) is 0.538. The maximum atomic E-state index is 12.2. The first-order chi connectivity index (χ1) is 9.81. The lowest BCUT2D eigenvalue weighted by Gasteiger charge is -2.25. The van der Waals surface area contributed by atoms with E-state index < -0.39 is 17.6 Å². The molecule has 1 aromatic rings. The van der Waals surface area contributed by atoms with Crippen molar-refractivity contribution in [2.75, 3.05) is 6.54 Å². The SMILES string of the molecule is CC(C)N(CCC(=O)O)C(=O)c1ccc(CSC(F)F)o1. The van der Waals surface area contributed by atoms with Crippen LogP contribution in [0.1, 0.15) is 36.6 Å². The third-order valence-corrected chi connectivity index (χ3v) is 3.38. The first kappa shape index (κ1) is 17.5. The van der Waals surface area contributed by atoms with Gasteiger partial charge < -0.3 is 14.4 Å². The Bertz CT molecular complexity index is 490. The minimum absolute atomic E-state index is 0.0260. The van der Waals surface area contributed by atoms with Gasteiger partial charge in [0, 0.05) is 12.6 Å². The Balaban J connectivity index is 2.72. The summed E-state index contributed by atoms with van der Waals surface area (Å²) in [7, 11) is 0. The lowest BCUT2D eigenvalue weighted by molar-refractivity contribution is -0.137. The van der Waals surface area contributed by atoms with Crippen LogP contribution in [0.3, 0.4) is 0 Å². The smallest absolute Gasteiger partial charge is 0.305 e. The highest BCUT2D eigenvalue weighted by Gasteiger charge is 2.22. The normalized spacial score (nSPS) is 11.1. The minimum Gasteiger partial charge on any atom is -0.481 e. The van der Waals surface area contributed by atoms with E-state index in [0.717, 1.165) is 0 Å². The van der Waals surface area contributed by atoms with Crippen molar-refractivity contribution in [1.82, 2.24) is 4.90 Å². The highest BCUT2D eigenvalue weighted by Crippen LogP contribution is 2.22. The van der Waals surface area contributed by atoms with Gasteiger partial charge in [-0.3, -0.25) is 9.59 Å². The number of carboxylic acids is 1. The number of hydrogen-bond donors (Lipinski definition) is 1. The summed E-state index contributed by atoms with van der Waals surface area (Å²) in [5.74, 6) is -3.66. The number of carbonyl (C=O) groups is 2. The van der Waals surface area contributed by atoms with Gasteiger partial charge in [-0.15, -0.1) is 0 Å². The molecule has 21 heavy (non-hydrogen) atoms. The summed E-state index contributed by atoms with van der Waals surface area (Å²) in [5, 5.41) is 8.69. The van der Waals surface area contributed by atoms with Crippen molar-refractivity contribution >= 4 is 23.6 Å². The van der Waals surface area contributed by atoms with E-state index >= 15 is 0 Å². The van der Waals surface area contributed by atoms with E-state index in [1.807, 2.05) is 0 Å². The Hall–Kier alpha value is -1.57. The molecular formula is C13H17F2NO4S. The standard InChI is InChI=1S/C13H17F2NO4S/c1-8(2)16(6-5-11(17)18)12(19)10-4-3-9(20-10)7-21-13(14)15/h3-4,8,13H,5-7H2,1-2H3,(H,17,18). The molecule has 0 aliphatic carbocycles. The molecule has 118 valence electrons. The molecule has 0 fully saturated rings. The van der Waals surface area contributed by atoms with Crippen molar-refractivity contribution in [3.63, 3.8) is 0 Å². The zero-order chi connectivity index (χ0) is 16.0. The van der Waals surface area contributed by atoms with Gasteiger partial charge in [0.05, 0.1) is 12.2 Å². The number of nitrogens with zero attached hydrogens (tertiary/aromatic N) is 1. The maximum Gasteiger partial charge on any atom is 0.305 e. The Morgan fingerprint density at radius 2 is 2.05 bits per heavy atom. The van der Waals surface area contributed by atoms with Crippen molar-refractivity contribution in [3.05, 3.63) is 23.7 Å². The molecule has 1 heterocycles. The lowest BCUT2D eigenvalue weighted by atomic mass is 10.2. The Morgan fingerprint density at radius 1 is 1.38 bits per heavy atom. The monoisotopic (exact) mass is 321 g/mol. The van der Waals surface area contributed by atoms with Crippen LogP contribution in [-0.4, -0.2) is 40.2 Å². The summed E-state index contributed by atoms with van der Waals surface area (Å²) < 4.78 is 29.4. The predicted molar refractivity (Wildman–Crippen MR) is 74.4 cm³/mol. The van der Waals surface area contributed by atoms with E-state index in [-0.39, 0.29) is 36.3 Å². The van der Waals surface area contributed by atoms with Crippen molar-refractivity contribution in [3.8, 4) is 0 Å². The minimum atomic E-state index is -2.50. The van der Waals surface area contributed by atoms with Crippen LogP contribution in [0.5, 0.6) is 0 Å². The number of thioether (sulfide) groups is 1. The number of furan rings is 1. The van der Waals surface area contributed by atoms with Gasteiger partial charge in [-0.1, -0.05) is 11.8 Å². The van der Waals surface area contributed by atoms with Gasteiger partial charge in [0.1, 0.15) is 5.76 Å².